The average molecular weight is 390 g/mol. The van der Waals surface area contributed by atoms with Gasteiger partial charge in [0.05, 0.1) is 26.4 Å². The molecule has 0 bridgehead atoms. The fraction of sp³-hybridized carbons (Fsp3) is 0.333. The number of methoxy groups -OCH3 is 2. The zero-order chi connectivity index (χ0) is 16.1. The minimum atomic E-state index is -0.0552. The minimum absolute atomic E-state index is 0. The Balaban J connectivity index is 0.00000264. The monoisotopic (exact) mass is 390 g/mol. The Morgan fingerprint density at radius 2 is 1.52 bits per heavy atom. The number of aliphatic hydroxyl groups is 1. The van der Waals surface area contributed by atoms with Gasteiger partial charge in [0.1, 0.15) is 11.5 Å². The van der Waals surface area contributed by atoms with Gasteiger partial charge in [0.2, 0.25) is 0 Å². The molecule has 0 saturated carbocycles. The van der Waals surface area contributed by atoms with Gasteiger partial charge in [-0.05, 0) is 42.2 Å². The molecule has 1 radical (unpaired) electrons. The van der Waals surface area contributed by atoms with Crippen LogP contribution in [0.5, 0.6) is 11.5 Å². The van der Waals surface area contributed by atoms with Gasteiger partial charge in [0.25, 0.3) is 0 Å². The first kappa shape index (κ1) is 20.1. The molecule has 0 aromatic heterocycles. The van der Waals surface area contributed by atoms with Gasteiger partial charge in [0, 0.05) is 38.8 Å². The van der Waals surface area contributed by atoms with E-state index in [1.54, 1.807) is 14.2 Å². The van der Waals surface area contributed by atoms with Crippen LogP contribution in [0.15, 0.2) is 36.4 Å². The van der Waals surface area contributed by atoms with Crippen molar-refractivity contribution in [3.63, 3.8) is 0 Å². The van der Waals surface area contributed by atoms with Crippen molar-refractivity contribution in [1.82, 2.24) is 0 Å². The summed E-state index contributed by atoms with van der Waals surface area (Å²) in [6, 6.07) is 12.0. The molecule has 0 aliphatic heterocycles. The van der Waals surface area contributed by atoms with Gasteiger partial charge in [-0.1, -0.05) is 24.3 Å². The third kappa shape index (κ3) is 5.02. The van der Waals surface area contributed by atoms with E-state index in [0.717, 1.165) is 23.1 Å². The van der Waals surface area contributed by atoms with Gasteiger partial charge in [0.15, 0.2) is 0 Å². The van der Waals surface area contributed by atoms with Crippen molar-refractivity contribution in [2.24, 2.45) is 5.73 Å². The number of aliphatic hydroxyl groups excluding tert-OH is 1. The summed E-state index contributed by atoms with van der Waals surface area (Å²) in [4.78, 5) is 0. The molecule has 2 rings (SSSR count). The van der Waals surface area contributed by atoms with Crippen molar-refractivity contribution in [3.8, 4) is 22.6 Å². The smallest absolute Gasteiger partial charge is 0.130 e. The van der Waals surface area contributed by atoms with Gasteiger partial charge in [-0.15, -0.1) is 0 Å². The Labute approximate surface area is 162 Å². The molecule has 121 valence electrons. The quantitative estimate of drug-likeness (QED) is 0.796. The van der Waals surface area contributed by atoms with E-state index in [2.05, 4.69) is 12.1 Å². The number of hydrogen-bond donors (Lipinski definition) is 2. The molecule has 1 unspecified atom stereocenters. The Morgan fingerprint density at radius 3 is 1.91 bits per heavy atom. The van der Waals surface area contributed by atoms with Crippen molar-refractivity contribution in [2.75, 3.05) is 14.2 Å². The number of ether oxygens (including phenoxy) is 2. The molecule has 0 saturated heterocycles. The van der Waals surface area contributed by atoms with Crippen LogP contribution in [0.1, 0.15) is 18.1 Å². The van der Waals surface area contributed by atoms with E-state index in [-0.39, 0.29) is 45.4 Å². The van der Waals surface area contributed by atoms with Gasteiger partial charge in [-0.2, -0.15) is 0 Å². The molecule has 23 heavy (non-hydrogen) atoms. The molecule has 1 atom stereocenters. The SMILES string of the molecule is COc1cc(CO)cc(OC)c1-c1ccc(CC(C)N)cc1.[Y]. The summed E-state index contributed by atoms with van der Waals surface area (Å²) in [6.45, 7) is 1.94. The van der Waals surface area contributed by atoms with Gasteiger partial charge in [-0.25, -0.2) is 0 Å². The zero-order valence-electron chi connectivity index (χ0n) is 13.9. The molecule has 3 N–H and O–H groups in total. The molecule has 2 aromatic rings. The van der Waals surface area contributed by atoms with E-state index in [1.807, 2.05) is 31.2 Å². The summed E-state index contributed by atoms with van der Waals surface area (Å²) >= 11 is 0. The fourth-order valence-electron chi connectivity index (χ4n) is 2.52. The molecular formula is C18H23NO3Y. The van der Waals surface area contributed by atoms with Crippen LogP contribution in [-0.2, 0) is 45.7 Å². The molecule has 5 heteroatoms. The first-order chi connectivity index (χ1) is 10.6. The van der Waals surface area contributed by atoms with Crippen LogP contribution in [0.25, 0.3) is 11.1 Å². The van der Waals surface area contributed by atoms with Crippen LogP contribution < -0.4 is 15.2 Å². The largest absolute Gasteiger partial charge is 0.496 e. The summed E-state index contributed by atoms with van der Waals surface area (Å²) in [5.41, 5.74) is 9.68. The molecule has 0 fully saturated rings. The van der Waals surface area contributed by atoms with Crippen LogP contribution >= 0.6 is 0 Å². The Morgan fingerprint density at radius 1 is 1.00 bits per heavy atom. The summed E-state index contributed by atoms with van der Waals surface area (Å²) in [7, 11) is 3.23. The number of rotatable bonds is 6. The topological polar surface area (TPSA) is 64.7 Å². The Kier molecular flexibility index (Phi) is 8.20. The van der Waals surface area contributed by atoms with Crippen LogP contribution in [0.2, 0.25) is 0 Å². The van der Waals surface area contributed by atoms with E-state index in [0.29, 0.717) is 11.5 Å². The van der Waals surface area contributed by atoms with Gasteiger partial charge < -0.3 is 20.3 Å². The molecule has 4 nitrogen and oxygen atoms in total. The van der Waals surface area contributed by atoms with Crippen molar-refractivity contribution in [2.45, 2.75) is 26.0 Å². The summed E-state index contributed by atoms with van der Waals surface area (Å²) < 4.78 is 10.9. The van der Waals surface area contributed by atoms with E-state index >= 15 is 0 Å². The molecule has 0 spiro atoms. The zero-order valence-corrected chi connectivity index (χ0v) is 16.7. The second-order valence-corrected chi connectivity index (χ2v) is 5.41. The fourth-order valence-corrected chi connectivity index (χ4v) is 2.52. The van der Waals surface area contributed by atoms with Crippen LogP contribution in [-0.4, -0.2) is 25.4 Å². The van der Waals surface area contributed by atoms with Crippen molar-refractivity contribution < 1.29 is 47.3 Å². The summed E-state index contributed by atoms with van der Waals surface area (Å²) in [6.07, 6.45) is 0.845. The van der Waals surface area contributed by atoms with Gasteiger partial charge in [-0.3, -0.25) is 0 Å². The van der Waals surface area contributed by atoms with E-state index < -0.39 is 0 Å². The van der Waals surface area contributed by atoms with E-state index in [4.69, 9.17) is 15.2 Å². The van der Waals surface area contributed by atoms with Gasteiger partial charge >= 0.3 is 0 Å². The maximum absolute atomic E-state index is 9.34. The normalized spacial score (nSPS) is 11.5. The van der Waals surface area contributed by atoms with Crippen molar-refractivity contribution >= 4 is 0 Å². The minimum Gasteiger partial charge on any atom is -0.496 e. The predicted molar refractivity (Wildman–Crippen MR) is 88.3 cm³/mol. The molecule has 2 aromatic carbocycles. The number of benzene rings is 2. The van der Waals surface area contributed by atoms with Crippen LogP contribution in [0.4, 0.5) is 0 Å². The maximum atomic E-state index is 9.34. The number of nitrogens with two attached hydrogens (primary N) is 1. The van der Waals surface area contributed by atoms with E-state index in [9.17, 15) is 5.11 Å². The number of hydrogen-bond acceptors (Lipinski definition) is 4. The Bertz CT molecular complexity index is 602. The standard InChI is InChI=1S/C18H23NO3.Y/c1-12(19)8-13-4-6-15(7-5-13)18-16(21-2)9-14(11-20)10-17(18)22-3;/h4-7,9-10,12,20H,8,11,19H2,1-3H3;. The molecule has 0 heterocycles. The first-order valence-electron chi connectivity index (χ1n) is 7.29. The predicted octanol–water partition coefficient (Wildman–Crippen LogP) is 2.75. The van der Waals surface area contributed by atoms with Crippen LogP contribution in [0.3, 0.4) is 0 Å². The van der Waals surface area contributed by atoms with Crippen molar-refractivity contribution in [3.05, 3.63) is 47.5 Å². The summed E-state index contributed by atoms with van der Waals surface area (Å²) in [5.74, 6) is 1.37. The second kappa shape index (κ2) is 9.38. The van der Waals surface area contributed by atoms with E-state index in [1.165, 1.54) is 5.56 Å². The molecular weight excluding hydrogens is 367 g/mol. The first-order valence-corrected chi connectivity index (χ1v) is 7.29. The summed E-state index contributed by atoms with van der Waals surface area (Å²) in [5, 5.41) is 9.34. The second-order valence-electron chi connectivity index (χ2n) is 5.41. The average Bonchev–Trinajstić information content (AvgIpc) is 2.53. The molecule has 0 aliphatic carbocycles. The third-order valence-electron chi connectivity index (χ3n) is 3.55. The molecule has 0 amide bonds. The van der Waals surface area contributed by atoms with Crippen molar-refractivity contribution in [1.29, 1.82) is 0 Å². The van der Waals surface area contributed by atoms with Crippen LogP contribution in [0, 0.1) is 0 Å². The maximum Gasteiger partial charge on any atom is 0.130 e. The Hall–Kier alpha value is -0.936. The molecule has 0 aliphatic rings. The third-order valence-corrected chi connectivity index (χ3v) is 3.55.